The summed E-state index contributed by atoms with van der Waals surface area (Å²) < 4.78 is 13.1. The number of fused-ring (bicyclic) bond motifs is 1. The number of carbonyl (C=O) groups is 1. The number of aliphatic hydroxyl groups is 1. The predicted molar refractivity (Wildman–Crippen MR) is 82.2 cm³/mol. The zero-order chi connectivity index (χ0) is 15.7. The van der Waals surface area contributed by atoms with Crippen LogP contribution in [0.2, 0.25) is 0 Å². The molecule has 2 amide bonds. The zero-order valence-corrected chi connectivity index (χ0v) is 12.1. The van der Waals surface area contributed by atoms with E-state index < -0.39 is 18.2 Å². The van der Waals surface area contributed by atoms with Gasteiger partial charge < -0.3 is 15.7 Å². The van der Waals surface area contributed by atoms with Gasteiger partial charge in [0.05, 0.1) is 12.1 Å². The monoisotopic (exact) mass is 300 g/mol. The van der Waals surface area contributed by atoms with Gasteiger partial charge in [0.1, 0.15) is 5.82 Å². The summed E-state index contributed by atoms with van der Waals surface area (Å²) in [6.07, 6.45) is -0.117. The number of anilines is 1. The third-order valence-electron chi connectivity index (χ3n) is 3.93. The Bertz CT molecular complexity index is 718. The molecule has 3 N–H and O–H groups in total. The molecule has 4 nitrogen and oxygen atoms in total. The first-order valence-corrected chi connectivity index (χ1v) is 7.14. The molecule has 0 saturated carbocycles. The number of halogens is 1. The molecule has 2 aromatic carbocycles. The summed E-state index contributed by atoms with van der Waals surface area (Å²) in [5.74, 6) is -0.344. The van der Waals surface area contributed by atoms with E-state index >= 15 is 0 Å². The van der Waals surface area contributed by atoms with Crippen LogP contribution in [0, 0.1) is 12.7 Å². The third kappa shape index (κ3) is 2.80. The fourth-order valence-electron chi connectivity index (χ4n) is 2.81. The maximum Gasteiger partial charge on any atom is 0.319 e. The van der Waals surface area contributed by atoms with E-state index in [9.17, 15) is 14.3 Å². The Hall–Kier alpha value is -2.40. The molecule has 114 valence electrons. The Morgan fingerprint density at radius 3 is 2.82 bits per heavy atom. The van der Waals surface area contributed by atoms with Crippen molar-refractivity contribution in [3.63, 3.8) is 0 Å². The molecule has 2 atom stereocenters. The van der Waals surface area contributed by atoms with Gasteiger partial charge in [0.25, 0.3) is 0 Å². The number of benzene rings is 2. The highest BCUT2D eigenvalue weighted by atomic mass is 19.1. The molecule has 0 bridgehead atoms. The van der Waals surface area contributed by atoms with Crippen LogP contribution in [-0.4, -0.2) is 17.2 Å². The Morgan fingerprint density at radius 2 is 2.05 bits per heavy atom. The first kappa shape index (κ1) is 14.5. The Labute approximate surface area is 128 Å². The quantitative estimate of drug-likeness (QED) is 0.798. The fraction of sp³-hybridized carbons (Fsp3) is 0.235. The SMILES string of the molecule is Cc1cc(F)ccc1NC(=O)N[C@@H]1c2ccccc2C[C@@H]1O. The summed E-state index contributed by atoms with van der Waals surface area (Å²) in [4.78, 5) is 12.1. The number of carbonyl (C=O) groups excluding carboxylic acids is 1. The highest BCUT2D eigenvalue weighted by Crippen LogP contribution is 2.31. The van der Waals surface area contributed by atoms with Crippen LogP contribution >= 0.6 is 0 Å². The first-order valence-electron chi connectivity index (χ1n) is 7.14. The van der Waals surface area contributed by atoms with E-state index in [1.54, 1.807) is 6.92 Å². The van der Waals surface area contributed by atoms with Crippen molar-refractivity contribution in [2.24, 2.45) is 0 Å². The van der Waals surface area contributed by atoms with Crippen LogP contribution in [0.15, 0.2) is 42.5 Å². The van der Waals surface area contributed by atoms with Crippen LogP contribution in [0.3, 0.4) is 0 Å². The molecular weight excluding hydrogens is 283 g/mol. The molecular formula is C17H17FN2O2. The third-order valence-corrected chi connectivity index (χ3v) is 3.93. The standard InChI is InChI=1S/C17H17FN2O2/c1-10-8-12(18)6-7-14(10)19-17(22)20-16-13-5-3-2-4-11(13)9-15(16)21/h2-8,15-16,21H,9H2,1H3,(H2,19,20,22)/t15-,16+/m0/s1. The van der Waals surface area contributed by atoms with Gasteiger partial charge in [-0.05, 0) is 41.8 Å². The van der Waals surface area contributed by atoms with Gasteiger partial charge in [0.2, 0.25) is 0 Å². The number of urea groups is 1. The highest BCUT2D eigenvalue weighted by Gasteiger charge is 2.31. The summed E-state index contributed by atoms with van der Waals surface area (Å²) in [6, 6.07) is 11.0. The van der Waals surface area contributed by atoms with E-state index in [1.807, 2.05) is 24.3 Å². The molecule has 5 heteroatoms. The lowest BCUT2D eigenvalue weighted by Gasteiger charge is -2.19. The molecule has 0 radical (unpaired) electrons. The van der Waals surface area contributed by atoms with Gasteiger partial charge in [-0.2, -0.15) is 0 Å². The molecule has 1 aliphatic carbocycles. The predicted octanol–water partition coefficient (Wildman–Crippen LogP) is 2.91. The van der Waals surface area contributed by atoms with Gasteiger partial charge in [-0.1, -0.05) is 24.3 Å². The number of aryl methyl sites for hydroxylation is 1. The Morgan fingerprint density at radius 1 is 1.27 bits per heavy atom. The number of rotatable bonds is 2. The van der Waals surface area contributed by atoms with Crippen molar-refractivity contribution in [1.82, 2.24) is 5.32 Å². The van der Waals surface area contributed by atoms with Gasteiger partial charge in [-0.3, -0.25) is 0 Å². The van der Waals surface area contributed by atoms with Crippen molar-refractivity contribution in [1.29, 1.82) is 0 Å². The molecule has 0 saturated heterocycles. The molecule has 0 aliphatic heterocycles. The molecule has 0 aromatic heterocycles. The van der Waals surface area contributed by atoms with Crippen molar-refractivity contribution >= 4 is 11.7 Å². The van der Waals surface area contributed by atoms with Gasteiger partial charge in [0, 0.05) is 12.1 Å². The Balaban J connectivity index is 1.72. The largest absolute Gasteiger partial charge is 0.390 e. The van der Waals surface area contributed by atoms with E-state index in [1.165, 1.54) is 18.2 Å². The minimum Gasteiger partial charge on any atom is -0.390 e. The molecule has 3 rings (SSSR count). The van der Waals surface area contributed by atoms with Crippen LogP contribution < -0.4 is 10.6 Å². The molecule has 22 heavy (non-hydrogen) atoms. The minimum atomic E-state index is -0.641. The van der Waals surface area contributed by atoms with E-state index in [-0.39, 0.29) is 5.82 Å². The maximum atomic E-state index is 13.1. The zero-order valence-electron chi connectivity index (χ0n) is 12.1. The van der Waals surface area contributed by atoms with Crippen LogP contribution in [0.25, 0.3) is 0 Å². The smallest absolute Gasteiger partial charge is 0.319 e. The van der Waals surface area contributed by atoms with Crippen molar-refractivity contribution in [3.05, 3.63) is 65.0 Å². The fourth-order valence-corrected chi connectivity index (χ4v) is 2.81. The second kappa shape index (κ2) is 5.77. The highest BCUT2D eigenvalue weighted by molar-refractivity contribution is 5.90. The molecule has 2 aromatic rings. The van der Waals surface area contributed by atoms with Gasteiger partial charge >= 0.3 is 6.03 Å². The lowest BCUT2D eigenvalue weighted by atomic mass is 10.1. The number of nitrogens with one attached hydrogen (secondary N) is 2. The van der Waals surface area contributed by atoms with Crippen LogP contribution in [0.5, 0.6) is 0 Å². The number of amides is 2. The maximum absolute atomic E-state index is 13.1. The summed E-state index contributed by atoms with van der Waals surface area (Å²) in [7, 11) is 0. The van der Waals surface area contributed by atoms with Crippen LogP contribution in [-0.2, 0) is 6.42 Å². The molecule has 1 aliphatic rings. The number of aliphatic hydroxyl groups excluding tert-OH is 1. The minimum absolute atomic E-state index is 0.344. The van der Waals surface area contributed by atoms with Crippen molar-refractivity contribution in [3.8, 4) is 0 Å². The second-order valence-electron chi connectivity index (χ2n) is 5.51. The second-order valence-corrected chi connectivity index (χ2v) is 5.51. The molecule has 0 fully saturated rings. The first-order chi connectivity index (χ1) is 10.5. The molecule has 0 unspecified atom stereocenters. The van der Waals surface area contributed by atoms with Gasteiger partial charge in [-0.15, -0.1) is 0 Å². The van der Waals surface area contributed by atoms with E-state index in [4.69, 9.17) is 0 Å². The Kier molecular flexibility index (Phi) is 3.81. The van der Waals surface area contributed by atoms with Gasteiger partial charge in [0.15, 0.2) is 0 Å². The molecule has 0 heterocycles. The number of hydrogen-bond acceptors (Lipinski definition) is 2. The lowest BCUT2D eigenvalue weighted by Crippen LogP contribution is -2.36. The van der Waals surface area contributed by atoms with Crippen LogP contribution in [0.4, 0.5) is 14.9 Å². The lowest BCUT2D eigenvalue weighted by molar-refractivity contribution is 0.144. The topological polar surface area (TPSA) is 61.4 Å². The van der Waals surface area contributed by atoms with E-state index in [2.05, 4.69) is 10.6 Å². The van der Waals surface area contributed by atoms with Crippen molar-refractivity contribution in [2.45, 2.75) is 25.5 Å². The molecule has 0 spiro atoms. The van der Waals surface area contributed by atoms with Crippen molar-refractivity contribution < 1.29 is 14.3 Å². The number of hydrogen-bond donors (Lipinski definition) is 3. The summed E-state index contributed by atoms with van der Waals surface area (Å²) >= 11 is 0. The van der Waals surface area contributed by atoms with Crippen LogP contribution in [0.1, 0.15) is 22.7 Å². The van der Waals surface area contributed by atoms with E-state index in [0.29, 0.717) is 17.7 Å². The normalized spacial score (nSPS) is 19.6. The average Bonchev–Trinajstić information content (AvgIpc) is 2.78. The summed E-state index contributed by atoms with van der Waals surface area (Å²) in [6.45, 7) is 1.72. The average molecular weight is 300 g/mol. The van der Waals surface area contributed by atoms with E-state index in [0.717, 1.165) is 11.1 Å². The van der Waals surface area contributed by atoms with Gasteiger partial charge in [-0.25, -0.2) is 9.18 Å². The van der Waals surface area contributed by atoms with Crippen molar-refractivity contribution in [2.75, 3.05) is 5.32 Å². The summed E-state index contributed by atoms with van der Waals surface area (Å²) in [5.41, 5.74) is 3.15. The summed E-state index contributed by atoms with van der Waals surface area (Å²) in [5, 5.41) is 15.6.